The molecule has 1 saturated heterocycles. The maximum Gasteiger partial charge on any atom is 0.150 e. The Morgan fingerprint density at radius 2 is 1.76 bits per heavy atom. The van der Waals surface area contributed by atoms with Gasteiger partial charge in [0, 0.05) is 24.0 Å². The smallest absolute Gasteiger partial charge is 0.150 e. The molecule has 1 aliphatic heterocycles. The second kappa shape index (κ2) is 8.19. The monoisotopic (exact) mass is 403 g/mol. The lowest BCUT2D eigenvalue weighted by atomic mass is 10.1. The normalized spacial score (nSPS) is 14.3. The van der Waals surface area contributed by atoms with E-state index in [1.165, 1.54) is 0 Å². The average molecular weight is 404 g/mol. The van der Waals surface area contributed by atoms with Crippen LogP contribution >= 0.6 is 11.3 Å². The largest absolute Gasteiger partial charge is 0.489 e. The Morgan fingerprint density at radius 1 is 0.966 bits per heavy atom. The highest BCUT2D eigenvalue weighted by molar-refractivity contribution is 7.18. The van der Waals surface area contributed by atoms with Gasteiger partial charge in [0.1, 0.15) is 24.5 Å². The van der Waals surface area contributed by atoms with Gasteiger partial charge in [-0.1, -0.05) is 42.5 Å². The average Bonchev–Trinajstić information content (AvgIpc) is 3.24. The van der Waals surface area contributed by atoms with Gasteiger partial charge < -0.3 is 14.4 Å². The fourth-order valence-corrected chi connectivity index (χ4v) is 4.56. The molecule has 6 heteroatoms. The van der Waals surface area contributed by atoms with Crippen molar-refractivity contribution < 1.29 is 9.47 Å². The van der Waals surface area contributed by atoms with Gasteiger partial charge in [-0.05, 0) is 23.3 Å². The highest BCUT2D eigenvalue weighted by Gasteiger charge is 2.18. The molecule has 3 heterocycles. The van der Waals surface area contributed by atoms with Crippen molar-refractivity contribution in [3.63, 3.8) is 0 Å². The van der Waals surface area contributed by atoms with Crippen LogP contribution < -0.4 is 9.64 Å². The number of nitrogens with zero attached hydrogens (tertiary/aromatic N) is 3. The summed E-state index contributed by atoms with van der Waals surface area (Å²) in [5, 5.41) is 2.17. The van der Waals surface area contributed by atoms with E-state index in [-0.39, 0.29) is 0 Å². The van der Waals surface area contributed by atoms with Crippen LogP contribution in [0.25, 0.3) is 21.3 Å². The van der Waals surface area contributed by atoms with E-state index in [0.29, 0.717) is 6.61 Å². The molecule has 0 spiro atoms. The van der Waals surface area contributed by atoms with Crippen molar-refractivity contribution in [2.45, 2.75) is 6.61 Å². The molecule has 5 rings (SSSR count). The Labute approximate surface area is 173 Å². The van der Waals surface area contributed by atoms with E-state index in [0.717, 1.165) is 64.8 Å². The molecule has 4 aromatic rings. The van der Waals surface area contributed by atoms with Gasteiger partial charge >= 0.3 is 0 Å². The molecule has 1 fully saturated rings. The van der Waals surface area contributed by atoms with E-state index in [1.54, 1.807) is 17.7 Å². The van der Waals surface area contributed by atoms with Crippen molar-refractivity contribution in [3.8, 4) is 16.9 Å². The summed E-state index contributed by atoms with van der Waals surface area (Å²) in [6, 6.07) is 18.4. The lowest BCUT2D eigenvalue weighted by Gasteiger charge is -2.27. The van der Waals surface area contributed by atoms with Gasteiger partial charge in [-0.2, -0.15) is 0 Å². The molecule has 2 aromatic heterocycles. The zero-order valence-corrected chi connectivity index (χ0v) is 16.8. The van der Waals surface area contributed by atoms with Crippen LogP contribution in [-0.4, -0.2) is 36.3 Å². The molecule has 0 unspecified atom stereocenters. The fraction of sp³-hybridized carbons (Fsp3) is 0.217. The topological polar surface area (TPSA) is 47.5 Å². The quantitative estimate of drug-likeness (QED) is 0.480. The third-order valence-corrected chi connectivity index (χ3v) is 6.02. The summed E-state index contributed by atoms with van der Waals surface area (Å²) in [5.74, 6) is 1.87. The van der Waals surface area contributed by atoms with Gasteiger partial charge in [0.2, 0.25) is 0 Å². The first-order valence-corrected chi connectivity index (χ1v) is 10.6. The minimum absolute atomic E-state index is 0.567. The van der Waals surface area contributed by atoms with E-state index in [4.69, 9.17) is 9.47 Å². The Bertz CT molecular complexity index is 1090. The Hall–Kier alpha value is -2.96. The van der Waals surface area contributed by atoms with Crippen LogP contribution in [0.5, 0.6) is 5.75 Å². The number of benzene rings is 2. The number of morpholine rings is 1. The molecule has 0 saturated carbocycles. The maximum absolute atomic E-state index is 5.91. The molecule has 29 heavy (non-hydrogen) atoms. The van der Waals surface area contributed by atoms with Crippen molar-refractivity contribution in [1.82, 2.24) is 9.97 Å². The predicted molar refractivity (Wildman–Crippen MR) is 117 cm³/mol. The number of ether oxygens (including phenoxy) is 2. The number of fused-ring (bicyclic) bond motifs is 1. The highest BCUT2D eigenvalue weighted by Crippen LogP contribution is 2.37. The van der Waals surface area contributed by atoms with E-state index in [2.05, 4.69) is 44.5 Å². The first-order chi connectivity index (χ1) is 14.4. The van der Waals surface area contributed by atoms with Crippen molar-refractivity contribution in [3.05, 3.63) is 71.9 Å². The van der Waals surface area contributed by atoms with Crippen LogP contribution in [0.2, 0.25) is 0 Å². The lowest BCUT2D eigenvalue weighted by Crippen LogP contribution is -2.36. The Morgan fingerprint density at radius 3 is 2.55 bits per heavy atom. The molecule has 146 valence electrons. The number of hydrogen-bond donors (Lipinski definition) is 0. The van der Waals surface area contributed by atoms with Crippen molar-refractivity contribution >= 4 is 27.4 Å². The summed E-state index contributed by atoms with van der Waals surface area (Å²) in [7, 11) is 0. The molecular weight excluding hydrogens is 382 g/mol. The van der Waals surface area contributed by atoms with Crippen LogP contribution in [-0.2, 0) is 11.3 Å². The minimum atomic E-state index is 0.567. The molecule has 0 atom stereocenters. The number of anilines is 1. The number of aromatic nitrogens is 2. The lowest BCUT2D eigenvalue weighted by molar-refractivity contribution is 0.122. The Balaban J connectivity index is 1.38. The van der Waals surface area contributed by atoms with Crippen LogP contribution in [0.15, 0.2) is 66.3 Å². The van der Waals surface area contributed by atoms with Crippen molar-refractivity contribution in [2.75, 3.05) is 31.2 Å². The van der Waals surface area contributed by atoms with Crippen LogP contribution in [0, 0.1) is 0 Å². The van der Waals surface area contributed by atoms with Gasteiger partial charge in [-0.25, -0.2) is 9.97 Å². The van der Waals surface area contributed by atoms with Crippen LogP contribution in [0.3, 0.4) is 0 Å². The number of hydrogen-bond acceptors (Lipinski definition) is 6. The molecule has 0 amide bonds. The molecular formula is C23H21N3O2S. The fourth-order valence-electron chi connectivity index (χ4n) is 3.52. The molecule has 0 radical (unpaired) electrons. The van der Waals surface area contributed by atoms with E-state index in [1.807, 2.05) is 30.3 Å². The van der Waals surface area contributed by atoms with Gasteiger partial charge in [-0.15, -0.1) is 11.3 Å². The molecule has 0 bridgehead atoms. The standard InChI is InChI=1S/C23H21N3O2S/c1-2-4-17(5-3-1)14-28-19-8-6-18(7-9-19)20-15-29-22-21(20)24-16-25-23(22)26-10-12-27-13-11-26/h1-9,15-16H,10-14H2. The first kappa shape index (κ1) is 18.1. The predicted octanol–water partition coefficient (Wildman–Crippen LogP) is 4.77. The molecule has 0 N–H and O–H groups in total. The van der Waals surface area contributed by atoms with Crippen molar-refractivity contribution in [2.24, 2.45) is 0 Å². The summed E-state index contributed by atoms with van der Waals surface area (Å²) in [5.41, 5.74) is 4.43. The molecule has 0 aliphatic carbocycles. The third-order valence-electron chi connectivity index (χ3n) is 5.06. The summed E-state index contributed by atoms with van der Waals surface area (Å²) in [6.45, 7) is 3.79. The maximum atomic E-state index is 5.91. The SMILES string of the molecule is c1ccc(COc2ccc(-c3csc4c(N5CCOCC5)ncnc34)cc2)cc1. The third kappa shape index (κ3) is 3.81. The van der Waals surface area contributed by atoms with Gasteiger partial charge in [0.15, 0.2) is 0 Å². The summed E-state index contributed by atoms with van der Waals surface area (Å²) in [6.07, 6.45) is 1.67. The summed E-state index contributed by atoms with van der Waals surface area (Å²) in [4.78, 5) is 11.4. The Kier molecular flexibility index (Phi) is 5.11. The van der Waals surface area contributed by atoms with Crippen LogP contribution in [0.1, 0.15) is 5.56 Å². The molecule has 5 nitrogen and oxygen atoms in total. The first-order valence-electron chi connectivity index (χ1n) is 9.70. The highest BCUT2D eigenvalue weighted by atomic mass is 32.1. The van der Waals surface area contributed by atoms with E-state index >= 15 is 0 Å². The summed E-state index contributed by atoms with van der Waals surface area (Å²) < 4.78 is 12.5. The number of thiophene rings is 1. The van der Waals surface area contributed by atoms with E-state index in [9.17, 15) is 0 Å². The molecule has 1 aliphatic rings. The molecule has 2 aromatic carbocycles. The van der Waals surface area contributed by atoms with Gasteiger partial charge in [0.25, 0.3) is 0 Å². The number of rotatable bonds is 5. The van der Waals surface area contributed by atoms with E-state index < -0.39 is 0 Å². The zero-order chi connectivity index (χ0) is 19.5. The summed E-state index contributed by atoms with van der Waals surface area (Å²) >= 11 is 1.70. The minimum Gasteiger partial charge on any atom is -0.489 e. The zero-order valence-electron chi connectivity index (χ0n) is 16.0. The van der Waals surface area contributed by atoms with Crippen molar-refractivity contribution in [1.29, 1.82) is 0 Å². The van der Waals surface area contributed by atoms with Crippen LogP contribution in [0.4, 0.5) is 5.82 Å². The van der Waals surface area contributed by atoms with Gasteiger partial charge in [-0.3, -0.25) is 0 Å². The second-order valence-corrected chi connectivity index (χ2v) is 7.80. The second-order valence-electron chi connectivity index (χ2n) is 6.92. The van der Waals surface area contributed by atoms with Gasteiger partial charge in [0.05, 0.1) is 23.4 Å².